The lowest BCUT2D eigenvalue weighted by Crippen LogP contribution is -2.46. The maximum absolute atomic E-state index is 12.9. The van der Waals surface area contributed by atoms with Gasteiger partial charge in [-0.15, -0.1) is 11.8 Å². The summed E-state index contributed by atoms with van der Waals surface area (Å²) < 4.78 is 11.0. The highest BCUT2D eigenvalue weighted by Gasteiger charge is 2.57. The van der Waals surface area contributed by atoms with Gasteiger partial charge in [0.1, 0.15) is 23.3 Å². The summed E-state index contributed by atoms with van der Waals surface area (Å²) in [5, 5.41) is 0. The van der Waals surface area contributed by atoms with Gasteiger partial charge in [-0.2, -0.15) is 0 Å². The Bertz CT molecular complexity index is 901. The minimum Gasteiger partial charge on any atom is -0.496 e. The molecule has 2 aromatic rings. The van der Waals surface area contributed by atoms with Crippen LogP contribution in [0.4, 0.5) is 0 Å². The number of rotatable bonds is 5. The lowest BCUT2D eigenvalue weighted by molar-refractivity contribution is -0.155. The van der Waals surface area contributed by atoms with Crippen molar-refractivity contribution in [2.45, 2.75) is 37.3 Å². The molecule has 2 aliphatic rings. The third-order valence-corrected chi connectivity index (χ3v) is 7.03. The number of hydrogen-bond donors (Lipinski definition) is 0. The predicted molar refractivity (Wildman–Crippen MR) is 108 cm³/mol. The average molecular weight is 397 g/mol. The van der Waals surface area contributed by atoms with Crippen LogP contribution >= 0.6 is 11.8 Å². The van der Waals surface area contributed by atoms with Crippen molar-refractivity contribution in [2.75, 3.05) is 12.9 Å². The Kier molecular flexibility index (Phi) is 5.06. The number of methoxy groups -OCH3 is 1. The fourth-order valence-electron chi connectivity index (χ4n) is 4.08. The molecule has 0 saturated carbocycles. The summed E-state index contributed by atoms with van der Waals surface area (Å²) in [7, 11) is 1.60. The molecule has 0 unspecified atom stereocenters. The van der Waals surface area contributed by atoms with Crippen molar-refractivity contribution in [1.29, 1.82) is 0 Å². The molecule has 2 atom stereocenters. The highest BCUT2D eigenvalue weighted by molar-refractivity contribution is 8.00. The van der Waals surface area contributed by atoms with E-state index in [9.17, 15) is 9.59 Å². The number of ether oxygens (including phenoxy) is 2. The Labute approximate surface area is 169 Å². The van der Waals surface area contributed by atoms with E-state index in [0.29, 0.717) is 17.9 Å². The topological polar surface area (TPSA) is 55.8 Å². The van der Waals surface area contributed by atoms with Gasteiger partial charge in [-0.05, 0) is 31.0 Å². The third kappa shape index (κ3) is 3.15. The van der Waals surface area contributed by atoms with E-state index in [0.717, 1.165) is 23.1 Å². The molecule has 5 nitrogen and oxygen atoms in total. The Morgan fingerprint density at radius 1 is 1.25 bits per heavy atom. The van der Waals surface area contributed by atoms with E-state index in [-0.39, 0.29) is 18.5 Å². The third-order valence-electron chi connectivity index (χ3n) is 5.43. The van der Waals surface area contributed by atoms with Gasteiger partial charge >= 0.3 is 5.97 Å². The molecule has 0 bridgehead atoms. The van der Waals surface area contributed by atoms with Crippen LogP contribution in [0.15, 0.2) is 48.5 Å². The quantitative estimate of drug-likeness (QED) is 0.721. The van der Waals surface area contributed by atoms with Crippen molar-refractivity contribution in [3.8, 4) is 5.75 Å². The molecule has 0 aliphatic carbocycles. The number of carbonyl (C=O) groups is 2. The van der Waals surface area contributed by atoms with Crippen LogP contribution in [0.3, 0.4) is 0 Å². The van der Waals surface area contributed by atoms with Gasteiger partial charge < -0.3 is 14.4 Å². The van der Waals surface area contributed by atoms with Gasteiger partial charge in [0.25, 0.3) is 0 Å². The summed E-state index contributed by atoms with van der Waals surface area (Å²) in [5.41, 5.74) is 2.96. The van der Waals surface area contributed by atoms with Crippen molar-refractivity contribution in [3.63, 3.8) is 0 Å². The molecule has 4 rings (SSSR count). The average Bonchev–Trinajstić information content (AvgIpc) is 3.26. The van der Waals surface area contributed by atoms with E-state index < -0.39 is 10.9 Å². The first-order valence-corrected chi connectivity index (χ1v) is 10.4. The fraction of sp³-hybridized carbons (Fsp3) is 0.364. The van der Waals surface area contributed by atoms with Crippen LogP contribution in [0, 0.1) is 6.92 Å². The molecule has 6 heteroatoms. The standard InChI is InChI=1S/C22H23NO4S/c1-15-8-9-19(26-2)16(12-15)13-27-21(25)18-14-28-22(11-10-20(24)23(18)22)17-6-4-3-5-7-17/h3-9,12,18H,10-11,13-14H2,1-2H3/t18-,22+/m0/s1. The number of amides is 1. The van der Waals surface area contributed by atoms with Crippen LogP contribution < -0.4 is 4.74 Å². The maximum Gasteiger partial charge on any atom is 0.330 e. The Balaban J connectivity index is 1.53. The van der Waals surface area contributed by atoms with Gasteiger partial charge in [0, 0.05) is 17.7 Å². The van der Waals surface area contributed by atoms with Gasteiger partial charge in [0.15, 0.2) is 0 Å². The summed E-state index contributed by atoms with van der Waals surface area (Å²) in [6, 6.07) is 15.2. The summed E-state index contributed by atoms with van der Waals surface area (Å²) in [6.45, 7) is 2.11. The molecular weight excluding hydrogens is 374 g/mol. The number of esters is 1. The normalized spacial score (nSPS) is 23.6. The lowest BCUT2D eigenvalue weighted by atomic mass is 10.0. The van der Waals surface area contributed by atoms with Gasteiger partial charge in [-0.1, -0.05) is 42.0 Å². The maximum atomic E-state index is 12.9. The summed E-state index contributed by atoms with van der Waals surface area (Å²) >= 11 is 1.67. The fourth-order valence-corrected chi connectivity index (χ4v) is 5.72. The lowest BCUT2D eigenvalue weighted by Gasteiger charge is -2.33. The van der Waals surface area contributed by atoms with Gasteiger partial charge in [-0.3, -0.25) is 4.79 Å². The van der Waals surface area contributed by atoms with Crippen LogP contribution in [-0.4, -0.2) is 35.7 Å². The second kappa shape index (κ2) is 7.51. The first-order chi connectivity index (χ1) is 13.5. The number of thioether (sulfide) groups is 1. The van der Waals surface area contributed by atoms with Crippen LogP contribution in [0.25, 0.3) is 0 Å². The summed E-state index contributed by atoms with van der Waals surface area (Å²) in [5.74, 6) is 0.896. The molecule has 28 heavy (non-hydrogen) atoms. The van der Waals surface area contributed by atoms with Crippen LogP contribution in [0.2, 0.25) is 0 Å². The number of nitrogens with zero attached hydrogens (tertiary/aromatic N) is 1. The molecule has 146 valence electrons. The smallest absolute Gasteiger partial charge is 0.330 e. The Morgan fingerprint density at radius 3 is 2.79 bits per heavy atom. The van der Waals surface area contributed by atoms with E-state index in [2.05, 4.69) is 0 Å². The Hall–Kier alpha value is -2.47. The zero-order valence-electron chi connectivity index (χ0n) is 16.0. The van der Waals surface area contributed by atoms with E-state index >= 15 is 0 Å². The molecular formula is C22H23NO4S. The molecule has 2 fully saturated rings. The molecule has 0 radical (unpaired) electrons. The zero-order chi connectivity index (χ0) is 19.7. The SMILES string of the molecule is COc1ccc(C)cc1COC(=O)[C@@H]1CS[C@@]2(c3ccccc3)CCC(=O)N12. The molecule has 0 spiro atoms. The molecule has 2 aromatic carbocycles. The minimum absolute atomic E-state index is 0.0175. The van der Waals surface area contributed by atoms with E-state index in [1.54, 1.807) is 23.8 Å². The van der Waals surface area contributed by atoms with Crippen molar-refractivity contribution in [3.05, 3.63) is 65.2 Å². The number of aryl methyl sites for hydroxylation is 1. The summed E-state index contributed by atoms with van der Waals surface area (Å²) in [4.78, 5) is 26.8. The number of benzene rings is 2. The second-order valence-corrected chi connectivity index (χ2v) is 8.46. The first-order valence-electron chi connectivity index (χ1n) is 9.37. The van der Waals surface area contributed by atoms with E-state index in [1.807, 2.05) is 55.5 Å². The zero-order valence-corrected chi connectivity index (χ0v) is 16.8. The predicted octanol–water partition coefficient (Wildman–Crippen LogP) is 3.64. The van der Waals surface area contributed by atoms with Crippen molar-refractivity contribution in [2.24, 2.45) is 0 Å². The monoisotopic (exact) mass is 397 g/mol. The molecule has 2 heterocycles. The van der Waals surface area contributed by atoms with E-state index in [4.69, 9.17) is 9.47 Å². The first kappa shape index (κ1) is 18.9. The van der Waals surface area contributed by atoms with Crippen molar-refractivity contribution in [1.82, 2.24) is 4.90 Å². The number of carbonyl (C=O) groups excluding carboxylic acids is 2. The van der Waals surface area contributed by atoms with Crippen molar-refractivity contribution < 1.29 is 19.1 Å². The molecule has 2 saturated heterocycles. The molecule has 0 N–H and O–H groups in total. The van der Waals surface area contributed by atoms with Crippen LogP contribution in [0.5, 0.6) is 5.75 Å². The number of fused-ring (bicyclic) bond motifs is 1. The van der Waals surface area contributed by atoms with Gasteiger partial charge in [-0.25, -0.2) is 4.79 Å². The molecule has 0 aromatic heterocycles. The highest BCUT2D eigenvalue weighted by atomic mass is 32.2. The second-order valence-electron chi connectivity index (χ2n) is 7.16. The Morgan fingerprint density at radius 2 is 2.04 bits per heavy atom. The van der Waals surface area contributed by atoms with E-state index in [1.165, 1.54) is 0 Å². The molecule has 2 aliphatic heterocycles. The molecule has 1 amide bonds. The summed E-state index contributed by atoms with van der Waals surface area (Å²) in [6.07, 6.45) is 1.17. The van der Waals surface area contributed by atoms with Crippen molar-refractivity contribution >= 4 is 23.6 Å². The minimum atomic E-state index is -0.559. The van der Waals surface area contributed by atoms with Crippen LogP contribution in [-0.2, 0) is 25.8 Å². The van der Waals surface area contributed by atoms with Crippen LogP contribution in [0.1, 0.15) is 29.5 Å². The van der Waals surface area contributed by atoms with Gasteiger partial charge in [0.05, 0.1) is 7.11 Å². The largest absolute Gasteiger partial charge is 0.496 e. The highest BCUT2D eigenvalue weighted by Crippen LogP contribution is 2.54. The number of hydrogen-bond acceptors (Lipinski definition) is 5. The van der Waals surface area contributed by atoms with Gasteiger partial charge in [0.2, 0.25) is 5.91 Å².